The van der Waals surface area contributed by atoms with Gasteiger partial charge in [0.25, 0.3) is 0 Å². The molecule has 0 heterocycles. The summed E-state index contributed by atoms with van der Waals surface area (Å²) >= 11 is 0. The van der Waals surface area contributed by atoms with Gasteiger partial charge in [-0.2, -0.15) is 0 Å². The average Bonchev–Trinajstić information content (AvgIpc) is 2.05. The third kappa shape index (κ3) is 1.70. The zero-order chi connectivity index (χ0) is 8.27. The van der Waals surface area contributed by atoms with Crippen molar-refractivity contribution in [3.8, 4) is 0 Å². The Morgan fingerprint density at radius 2 is 2.18 bits per heavy atom. The first kappa shape index (κ1) is 8.06. The summed E-state index contributed by atoms with van der Waals surface area (Å²) in [6, 6.07) is 6.41. The summed E-state index contributed by atoms with van der Waals surface area (Å²) in [6.45, 7) is 7.87. The van der Waals surface area contributed by atoms with Gasteiger partial charge in [0, 0.05) is 0 Å². The van der Waals surface area contributed by atoms with Gasteiger partial charge in [0.15, 0.2) is 0 Å². The summed E-state index contributed by atoms with van der Waals surface area (Å²) in [4.78, 5) is 0. The Bertz CT molecular complexity index is 259. The lowest BCUT2D eigenvalue weighted by atomic mass is 10.0. The van der Waals surface area contributed by atoms with E-state index in [1.807, 2.05) is 0 Å². The van der Waals surface area contributed by atoms with Crippen LogP contribution in [-0.4, -0.2) is 0 Å². The minimum atomic E-state index is 1.08. The summed E-state index contributed by atoms with van der Waals surface area (Å²) < 4.78 is 0. The standard InChI is InChI=1S/C11H13/c1-4-10-7-6-9(3)11(5-2)8-10/h6-8H,2,4H2,1,3H3. The Hall–Kier alpha value is -1.04. The highest BCUT2D eigenvalue weighted by Gasteiger charge is 1.94. The summed E-state index contributed by atoms with van der Waals surface area (Å²) in [5.74, 6) is 0. The van der Waals surface area contributed by atoms with Gasteiger partial charge in [-0.15, -0.1) is 0 Å². The lowest BCUT2D eigenvalue weighted by Crippen LogP contribution is -1.85. The SMILES string of the molecule is C=[C]c1cc(CC)ccc1C. The van der Waals surface area contributed by atoms with Gasteiger partial charge in [-0.3, -0.25) is 0 Å². The molecule has 0 aliphatic rings. The van der Waals surface area contributed by atoms with Crippen LogP contribution in [0.1, 0.15) is 23.6 Å². The van der Waals surface area contributed by atoms with E-state index in [2.05, 4.69) is 44.7 Å². The average molecular weight is 145 g/mol. The fourth-order valence-electron chi connectivity index (χ4n) is 1.08. The van der Waals surface area contributed by atoms with Crippen LogP contribution in [-0.2, 0) is 6.42 Å². The van der Waals surface area contributed by atoms with Crippen molar-refractivity contribution in [2.24, 2.45) is 0 Å². The second kappa shape index (κ2) is 3.38. The van der Waals surface area contributed by atoms with Gasteiger partial charge in [0.1, 0.15) is 0 Å². The van der Waals surface area contributed by atoms with Gasteiger partial charge in [0.05, 0.1) is 0 Å². The maximum atomic E-state index is 3.64. The molecular formula is C11H13. The molecule has 1 aromatic rings. The molecule has 11 heavy (non-hydrogen) atoms. The summed E-state index contributed by atoms with van der Waals surface area (Å²) in [6.07, 6.45) is 4.00. The van der Waals surface area contributed by atoms with E-state index in [0.717, 1.165) is 12.0 Å². The van der Waals surface area contributed by atoms with Crippen LogP contribution in [0.4, 0.5) is 0 Å². The fraction of sp³-hybridized carbons (Fsp3) is 0.273. The van der Waals surface area contributed by atoms with Crippen LogP contribution < -0.4 is 0 Å². The molecule has 1 radical (unpaired) electrons. The molecule has 0 bridgehead atoms. The van der Waals surface area contributed by atoms with Crippen LogP contribution in [0.15, 0.2) is 24.8 Å². The van der Waals surface area contributed by atoms with Crippen LogP contribution >= 0.6 is 0 Å². The summed E-state index contributed by atoms with van der Waals surface area (Å²) in [5.41, 5.74) is 3.73. The van der Waals surface area contributed by atoms with Crippen LogP contribution in [0.2, 0.25) is 0 Å². The molecule has 1 rings (SSSR count). The largest absolute Gasteiger partial charge is 0.0905 e. The molecule has 0 aromatic heterocycles. The Morgan fingerprint density at radius 3 is 2.73 bits per heavy atom. The molecule has 0 spiro atoms. The minimum absolute atomic E-state index is 1.08. The molecule has 57 valence electrons. The molecule has 0 unspecified atom stereocenters. The Labute approximate surface area is 68.6 Å². The molecule has 1 aromatic carbocycles. The number of aryl methyl sites for hydroxylation is 2. The van der Waals surface area contributed by atoms with Crippen LogP contribution in [0, 0.1) is 13.0 Å². The third-order valence-corrected chi connectivity index (χ3v) is 1.90. The van der Waals surface area contributed by atoms with Crippen molar-refractivity contribution < 1.29 is 0 Å². The molecule has 0 saturated heterocycles. The van der Waals surface area contributed by atoms with Crippen molar-refractivity contribution in [1.82, 2.24) is 0 Å². The summed E-state index contributed by atoms with van der Waals surface area (Å²) in [7, 11) is 0. The van der Waals surface area contributed by atoms with Gasteiger partial charge in [0.2, 0.25) is 0 Å². The second-order valence-corrected chi connectivity index (χ2v) is 2.68. The van der Waals surface area contributed by atoms with Crippen molar-refractivity contribution in [2.75, 3.05) is 0 Å². The van der Waals surface area contributed by atoms with Crippen LogP contribution in [0.5, 0.6) is 0 Å². The van der Waals surface area contributed by atoms with E-state index in [0.29, 0.717) is 0 Å². The van der Waals surface area contributed by atoms with Gasteiger partial charge >= 0.3 is 0 Å². The smallest absolute Gasteiger partial charge is 0.0152 e. The van der Waals surface area contributed by atoms with Crippen molar-refractivity contribution >= 4 is 0 Å². The monoisotopic (exact) mass is 145 g/mol. The van der Waals surface area contributed by atoms with Crippen LogP contribution in [0.3, 0.4) is 0 Å². The van der Waals surface area contributed by atoms with Crippen molar-refractivity contribution in [2.45, 2.75) is 20.3 Å². The number of rotatable bonds is 2. The molecule has 0 fully saturated rings. The van der Waals surface area contributed by atoms with Crippen molar-refractivity contribution in [1.29, 1.82) is 0 Å². The zero-order valence-electron chi connectivity index (χ0n) is 7.15. The lowest BCUT2D eigenvalue weighted by molar-refractivity contribution is 1.13. The normalized spacial score (nSPS) is 9.64. The van der Waals surface area contributed by atoms with Gasteiger partial charge in [-0.05, 0) is 36.1 Å². The van der Waals surface area contributed by atoms with E-state index in [9.17, 15) is 0 Å². The van der Waals surface area contributed by atoms with Crippen LogP contribution in [0.25, 0.3) is 0 Å². The lowest BCUT2D eigenvalue weighted by Gasteiger charge is -2.01. The van der Waals surface area contributed by atoms with Gasteiger partial charge in [-0.1, -0.05) is 31.7 Å². The van der Waals surface area contributed by atoms with Crippen molar-refractivity contribution in [3.63, 3.8) is 0 Å². The molecule has 0 aliphatic carbocycles. The van der Waals surface area contributed by atoms with E-state index in [4.69, 9.17) is 0 Å². The third-order valence-electron chi connectivity index (χ3n) is 1.90. The fourth-order valence-corrected chi connectivity index (χ4v) is 1.08. The summed E-state index contributed by atoms with van der Waals surface area (Å²) in [5, 5.41) is 0. The molecule has 0 nitrogen and oxygen atoms in total. The molecule has 0 saturated carbocycles. The zero-order valence-corrected chi connectivity index (χ0v) is 7.15. The van der Waals surface area contributed by atoms with Crippen molar-refractivity contribution in [3.05, 3.63) is 47.5 Å². The first-order valence-electron chi connectivity index (χ1n) is 3.90. The molecule has 0 N–H and O–H groups in total. The number of benzene rings is 1. The first-order valence-corrected chi connectivity index (χ1v) is 3.90. The van der Waals surface area contributed by atoms with E-state index in [1.165, 1.54) is 11.1 Å². The maximum absolute atomic E-state index is 3.64. The van der Waals surface area contributed by atoms with Gasteiger partial charge in [-0.25, -0.2) is 0 Å². The molecular weight excluding hydrogens is 132 g/mol. The van der Waals surface area contributed by atoms with E-state index in [1.54, 1.807) is 0 Å². The predicted octanol–water partition coefficient (Wildman–Crippen LogP) is 2.89. The second-order valence-electron chi connectivity index (χ2n) is 2.68. The molecule has 0 atom stereocenters. The molecule has 0 aliphatic heterocycles. The predicted molar refractivity (Wildman–Crippen MR) is 48.5 cm³/mol. The number of hydrogen-bond acceptors (Lipinski definition) is 0. The minimum Gasteiger partial charge on any atom is -0.0905 e. The Kier molecular flexibility index (Phi) is 2.48. The van der Waals surface area contributed by atoms with Gasteiger partial charge < -0.3 is 0 Å². The maximum Gasteiger partial charge on any atom is -0.0152 e. The number of hydrogen-bond donors (Lipinski definition) is 0. The quantitative estimate of drug-likeness (QED) is 0.600. The molecule has 0 heteroatoms. The first-order chi connectivity index (χ1) is 5.27. The van der Waals surface area contributed by atoms with E-state index < -0.39 is 0 Å². The Morgan fingerprint density at radius 1 is 1.45 bits per heavy atom. The highest BCUT2D eigenvalue weighted by atomic mass is 14.0. The van der Waals surface area contributed by atoms with E-state index in [-0.39, 0.29) is 0 Å². The Balaban J connectivity index is 3.12. The molecule has 0 amide bonds. The topological polar surface area (TPSA) is 0 Å². The van der Waals surface area contributed by atoms with E-state index >= 15 is 0 Å². The highest BCUT2D eigenvalue weighted by molar-refractivity contribution is 5.34. The highest BCUT2D eigenvalue weighted by Crippen LogP contribution is 2.10.